The first-order valence-corrected chi connectivity index (χ1v) is 4.48. The van der Waals surface area contributed by atoms with E-state index in [1.54, 1.807) is 0 Å². The van der Waals surface area contributed by atoms with E-state index in [9.17, 15) is 0 Å². The van der Waals surface area contributed by atoms with Crippen molar-refractivity contribution in [2.75, 3.05) is 0 Å². The molecule has 68 valence electrons. The molecule has 0 bridgehead atoms. The van der Waals surface area contributed by atoms with Crippen LogP contribution in [0.25, 0.3) is 0 Å². The Bertz CT molecular complexity index is 345. The second kappa shape index (κ2) is 2.89. The molecule has 0 spiro atoms. The van der Waals surface area contributed by atoms with Crippen LogP contribution in [-0.2, 0) is 0 Å². The molecule has 0 fully saturated rings. The van der Waals surface area contributed by atoms with E-state index in [1.165, 1.54) is 11.1 Å². The first-order chi connectivity index (χ1) is 6.20. The topological polar surface area (TPSA) is 52.0 Å². The van der Waals surface area contributed by atoms with Crippen molar-refractivity contribution in [1.82, 2.24) is 0 Å². The van der Waals surface area contributed by atoms with Crippen molar-refractivity contribution in [2.45, 2.75) is 13.0 Å². The van der Waals surface area contributed by atoms with Gasteiger partial charge in [-0.2, -0.15) is 0 Å². The molecule has 0 saturated heterocycles. The van der Waals surface area contributed by atoms with Crippen LogP contribution in [0.4, 0.5) is 0 Å². The van der Waals surface area contributed by atoms with Crippen LogP contribution in [0, 0.1) is 5.92 Å². The lowest BCUT2D eigenvalue weighted by molar-refractivity contribution is 0.612. The summed E-state index contributed by atoms with van der Waals surface area (Å²) in [5.74, 6) is 0.190. The quantitative estimate of drug-likeness (QED) is 0.580. The highest BCUT2D eigenvalue weighted by Crippen LogP contribution is 2.31. The highest BCUT2D eigenvalue weighted by Gasteiger charge is 2.26. The highest BCUT2D eigenvalue weighted by molar-refractivity contribution is 5.47. The molecule has 0 radical (unpaired) electrons. The number of nitrogens with two attached hydrogens (primary N) is 2. The molecule has 0 aromatic rings. The number of rotatable bonds is 0. The minimum absolute atomic E-state index is 0.0277. The van der Waals surface area contributed by atoms with Crippen LogP contribution in [0.15, 0.2) is 47.2 Å². The van der Waals surface area contributed by atoms with E-state index in [1.807, 2.05) is 18.2 Å². The van der Waals surface area contributed by atoms with Crippen molar-refractivity contribution in [1.29, 1.82) is 0 Å². The van der Waals surface area contributed by atoms with Gasteiger partial charge in [0.25, 0.3) is 0 Å². The molecule has 2 rings (SSSR count). The van der Waals surface area contributed by atoms with Gasteiger partial charge in [0.05, 0.1) is 0 Å². The van der Waals surface area contributed by atoms with Gasteiger partial charge in [-0.1, -0.05) is 24.3 Å². The monoisotopic (exact) mass is 174 g/mol. The van der Waals surface area contributed by atoms with Gasteiger partial charge in [-0.05, 0) is 24.1 Å². The lowest BCUT2D eigenvalue weighted by Crippen LogP contribution is -2.35. The predicted octanol–water partition coefficient (Wildman–Crippen LogP) is 1.23. The van der Waals surface area contributed by atoms with Gasteiger partial charge in [0.1, 0.15) is 0 Å². The molecule has 13 heavy (non-hydrogen) atoms. The van der Waals surface area contributed by atoms with E-state index in [2.05, 4.69) is 19.1 Å². The van der Waals surface area contributed by atoms with Crippen molar-refractivity contribution >= 4 is 0 Å². The molecule has 2 heteroatoms. The van der Waals surface area contributed by atoms with Crippen LogP contribution in [0.2, 0.25) is 0 Å². The third-order valence-corrected chi connectivity index (χ3v) is 2.67. The van der Waals surface area contributed by atoms with E-state index >= 15 is 0 Å². The summed E-state index contributed by atoms with van der Waals surface area (Å²) in [5.41, 5.74) is 15.3. The lowest BCUT2D eigenvalue weighted by Gasteiger charge is -2.29. The minimum Gasteiger partial charge on any atom is -0.401 e. The SMILES string of the molecule is CC1=C2C=CC=C(N)C2C(N)C=C1. The van der Waals surface area contributed by atoms with Gasteiger partial charge in [0, 0.05) is 17.7 Å². The third kappa shape index (κ3) is 1.23. The second-order valence-electron chi connectivity index (χ2n) is 3.58. The van der Waals surface area contributed by atoms with Gasteiger partial charge in [-0.15, -0.1) is 0 Å². The summed E-state index contributed by atoms with van der Waals surface area (Å²) in [6.07, 6.45) is 10.1. The van der Waals surface area contributed by atoms with E-state index in [0.29, 0.717) is 0 Å². The molecule has 0 aromatic carbocycles. The summed E-state index contributed by atoms with van der Waals surface area (Å²) < 4.78 is 0. The molecule has 0 heterocycles. The molecule has 0 saturated carbocycles. The van der Waals surface area contributed by atoms with E-state index in [-0.39, 0.29) is 12.0 Å². The smallest absolute Gasteiger partial charge is 0.0425 e. The first kappa shape index (κ1) is 8.32. The van der Waals surface area contributed by atoms with Gasteiger partial charge in [0.2, 0.25) is 0 Å². The predicted molar refractivity (Wildman–Crippen MR) is 54.7 cm³/mol. The fourth-order valence-corrected chi connectivity index (χ4v) is 1.92. The Morgan fingerprint density at radius 2 is 2.08 bits per heavy atom. The summed E-state index contributed by atoms with van der Waals surface area (Å²) in [7, 11) is 0. The normalized spacial score (nSPS) is 31.7. The van der Waals surface area contributed by atoms with Crippen molar-refractivity contribution in [3.05, 3.63) is 47.2 Å². The molecule has 0 aliphatic heterocycles. The Morgan fingerprint density at radius 1 is 1.31 bits per heavy atom. The summed E-state index contributed by atoms with van der Waals surface area (Å²) in [6.45, 7) is 2.09. The standard InChI is InChI=1S/C11H14N2/c1-7-5-6-10(13)11-8(7)3-2-4-9(11)12/h2-6,10-11H,12-13H2,1H3. The van der Waals surface area contributed by atoms with E-state index in [0.717, 1.165) is 5.70 Å². The van der Waals surface area contributed by atoms with Crippen molar-refractivity contribution in [3.8, 4) is 0 Å². The summed E-state index contributed by atoms with van der Waals surface area (Å²) in [4.78, 5) is 0. The zero-order valence-electron chi connectivity index (χ0n) is 7.70. The van der Waals surface area contributed by atoms with Gasteiger partial charge in [-0.3, -0.25) is 0 Å². The van der Waals surface area contributed by atoms with Crippen molar-refractivity contribution in [3.63, 3.8) is 0 Å². The zero-order valence-corrected chi connectivity index (χ0v) is 7.70. The number of fused-ring (bicyclic) bond motifs is 1. The lowest BCUT2D eigenvalue weighted by atomic mass is 9.80. The third-order valence-electron chi connectivity index (χ3n) is 2.67. The number of hydrogen-bond donors (Lipinski definition) is 2. The van der Waals surface area contributed by atoms with Crippen molar-refractivity contribution < 1.29 is 0 Å². The zero-order chi connectivity index (χ0) is 9.42. The average molecular weight is 174 g/mol. The van der Waals surface area contributed by atoms with E-state index in [4.69, 9.17) is 11.5 Å². The fraction of sp³-hybridized carbons (Fsp3) is 0.273. The maximum Gasteiger partial charge on any atom is 0.0425 e. The Hall–Kier alpha value is -1.28. The molecule has 2 aliphatic carbocycles. The Balaban J connectivity index is 2.48. The van der Waals surface area contributed by atoms with Crippen LogP contribution in [0.3, 0.4) is 0 Å². The van der Waals surface area contributed by atoms with Crippen molar-refractivity contribution in [2.24, 2.45) is 17.4 Å². The Morgan fingerprint density at radius 3 is 2.77 bits per heavy atom. The molecule has 2 unspecified atom stereocenters. The molecule has 0 amide bonds. The largest absolute Gasteiger partial charge is 0.401 e. The summed E-state index contributed by atoms with van der Waals surface area (Å²) >= 11 is 0. The highest BCUT2D eigenvalue weighted by atomic mass is 14.7. The molecule has 0 aromatic heterocycles. The number of allylic oxidation sites excluding steroid dienone is 5. The first-order valence-electron chi connectivity index (χ1n) is 4.48. The van der Waals surface area contributed by atoms with Gasteiger partial charge in [-0.25, -0.2) is 0 Å². The fourth-order valence-electron chi connectivity index (χ4n) is 1.92. The Kier molecular flexibility index (Phi) is 1.85. The van der Waals surface area contributed by atoms with Gasteiger partial charge < -0.3 is 11.5 Å². The van der Waals surface area contributed by atoms with Gasteiger partial charge >= 0.3 is 0 Å². The average Bonchev–Trinajstić information content (AvgIpc) is 2.12. The summed E-state index contributed by atoms with van der Waals surface area (Å²) in [5, 5.41) is 0. The maximum absolute atomic E-state index is 5.97. The second-order valence-corrected chi connectivity index (χ2v) is 3.58. The van der Waals surface area contributed by atoms with Crippen LogP contribution < -0.4 is 11.5 Å². The van der Waals surface area contributed by atoms with Gasteiger partial charge in [0.15, 0.2) is 0 Å². The van der Waals surface area contributed by atoms with Crippen LogP contribution in [0.5, 0.6) is 0 Å². The Labute approximate surface area is 78.3 Å². The minimum atomic E-state index is 0.0277. The van der Waals surface area contributed by atoms with Crippen LogP contribution in [-0.4, -0.2) is 6.04 Å². The van der Waals surface area contributed by atoms with Crippen LogP contribution in [0.1, 0.15) is 6.92 Å². The van der Waals surface area contributed by atoms with Crippen LogP contribution >= 0.6 is 0 Å². The van der Waals surface area contributed by atoms with E-state index < -0.39 is 0 Å². The molecular formula is C11H14N2. The molecular weight excluding hydrogens is 160 g/mol. The molecule has 2 nitrogen and oxygen atoms in total. The number of hydrogen-bond acceptors (Lipinski definition) is 2. The molecule has 2 atom stereocenters. The molecule has 4 N–H and O–H groups in total. The molecule has 2 aliphatic rings. The maximum atomic E-state index is 5.97. The summed E-state index contributed by atoms with van der Waals surface area (Å²) in [6, 6.07) is 0.0277.